The number of nitrogens with zero attached hydrogens (tertiary/aromatic N) is 1. The average Bonchev–Trinajstić information content (AvgIpc) is 1.93. The molecule has 6 heteroatoms. The highest BCUT2D eigenvalue weighted by Gasteiger charge is 2.25. The molecule has 0 aliphatic heterocycles. The summed E-state index contributed by atoms with van der Waals surface area (Å²) in [5.41, 5.74) is 0. The van der Waals surface area contributed by atoms with E-state index in [4.69, 9.17) is 0 Å². The topological polar surface area (TPSA) is 29.4 Å². The summed E-state index contributed by atoms with van der Waals surface area (Å²) >= 11 is 0. The van der Waals surface area contributed by atoms with Crippen LogP contribution in [0, 0.1) is 0 Å². The molecule has 0 aromatic heterocycles. The maximum absolute atomic E-state index is 11.7. The molecule has 2 nitrogen and oxygen atoms in total. The molecule has 14 heavy (non-hydrogen) atoms. The van der Waals surface area contributed by atoms with Crippen molar-refractivity contribution in [1.29, 1.82) is 0 Å². The molecule has 0 aromatic carbocycles. The van der Waals surface area contributed by atoms with E-state index >= 15 is 0 Å². The van der Waals surface area contributed by atoms with Gasteiger partial charge in [0.1, 0.15) is 11.0 Å². The van der Waals surface area contributed by atoms with Gasteiger partial charge in [0.15, 0.2) is 0 Å². The monoisotopic (exact) mass is 229 g/mol. The third kappa shape index (κ3) is 7.06. The standard InChI is InChI=1S/C8H14F3NOS/c1-7(2,3)14(13)12-6-4-5-8(9,10)11/h6H,4-5H2,1-3H3/b12-6+/t14-/m0/s1. The van der Waals surface area contributed by atoms with Gasteiger partial charge in [-0.3, -0.25) is 0 Å². The van der Waals surface area contributed by atoms with Crippen LogP contribution in [0.5, 0.6) is 0 Å². The van der Waals surface area contributed by atoms with Crippen molar-refractivity contribution >= 4 is 17.2 Å². The van der Waals surface area contributed by atoms with Gasteiger partial charge >= 0.3 is 6.18 Å². The summed E-state index contributed by atoms with van der Waals surface area (Å²) in [6.45, 7) is 5.14. The van der Waals surface area contributed by atoms with Crippen molar-refractivity contribution in [3.8, 4) is 0 Å². The van der Waals surface area contributed by atoms with Gasteiger partial charge in [0, 0.05) is 12.6 Å². The van der Waals surface area contributed by atoms with E-state index in [0.717, 1.165) is 6.21 Å². The highest BCUT2D eigenvalue weighted by Crippen LogP contribution is 2.20. The van der Waals surface area contributed by atoms with Crippen molar-refractivity contribution in [1.82, 2.24) is 0 Å². The normalized spacial score (nSPS) is 16.1. The molecule has 0 N–H and O–H groups in total. The molecule has 0 aliphatic rings. The van der Waals surface area contributed by atoms with E-state index in [1.165, 1.54) is 0 Å². The summed E-state index contributed by atoms with van der Waals surface area (Å²) in [5, 5.41) is 0. The Kier molecular flexibility index (Phi) is 4.77. The van der Waals surface area contributed by atoms with Crippen LogP contribution in [-0.2, 0) is 11.0 Å². The number of alkyl halides is 3. The summed E-state index contributed by atoms with van der Waals surface area (Å²) in [7, 11) is -1.46. The Bertz CT molecular complexity index is 230. The predicted octanol–water partition coefficient (Wildman–Crippen LogP) is 2.86. The molecule has 84 valence electrons. The molecule has 0 unspecified atom stereocenters. The Morgan fingerprint density at radius 2 is 1.79 bits per heavy atom. The first kappa shape index (κ1) is 13.6. The minimum atomic E-state index is -4.17. The van der Waals surface area contributed by atoms with Gasteiger partial charge in [0.2, 0.25) is 0 Å². The van der Waals surface area contributed by atoms with Gasteiger partial charge in [-0.2, -0.15) is 17.6 Å². The van der Waals surface area contributed by atoms with E-state index in [1.807, 2.05) is 0 Å². The molecule has 0 spiro atoms. The zero-order valence-electron chi connectivity index (χ0n) is 8.39. The summed E-state index contributed by atoms with van der Waals surface area (Å²) in [5.74, 6) is 0. The lowest BCUT2D eigenvalue weighted by atomic mass is 10.3. The van der Waals surface area contributed by atoms with Crippen LogP contribution in [0.2, 0.25) is 0 Å². The fourth-order valence-corrected chi connectivity index (χ4v) is 1.06. The second-order valence-electron chi connectivity index (χ2n) is 3.80. The van der Waals surface area contributed by atoms with E-state index < -0.39 is 28.3 Å². The molecule has 0 rings (SSSR count). The van der Waals surface area contributed by atoms with E-state index in [9.17, 15) is 17.4 Å². The van der Waals surface area contributed by atoms with Crippen LogP contribution in [-0.4, -0.2) is 21.3 Å². The number of halogens is 3. The highest BCUT2D eigenvalue weighted by atomic mass is 32.2. The second-order valence-corrected chi connectivity index (χ2v) is 5.74. The van der Waals surface area contributed by atoms with Crippen LogP contribution in [0.3, 0.4) is 0 Å². The first-order valence-electron chi connectivity index (χ1n) is 4.14. The zero-order chi connectivity index (χ0) is 11.4. The summed E-state index contributed by atoms with van der Waals surface area (Å²) in [4.78, 5) is 0. The smallest absolute Gasteiger partial charge is 0.234 e. The van der Waals surface area contributed by atoms with Gasteiger partial charge in [0.25, 0.3) is 0 Å². The van der Waals surface area contributed by atoms with E-state index in [2.05, 4.69) is 4.40 Å². The van der Waals surface area contributed by atoms with Gasteiger partial charge in [-0.15, -0.1) is 0 Å². The minimum absolute atomic E-state index is 0.217. The highest BCUT2D eigenvalue weighted by molar-refractivity contribution is 7.85. The molecular formula is C8H14F3NOS. The van der Waals surface area contributed by atoms with Gasteiger partial charge in [0.05, 0.1) is 4.75 Å². The lowest BCUT2D eigenvalue weighted by Gasteiger charge is -2.12. The Morgan fingerprint density at radius 3 is 2.14 bits per heavy atom. The summed E-state index contributed by atoms with van der Waals surface area (Å²) < 4.78 is 49.3. The van der Waals surface area contributed by atoms with Gasteiger partial charge in [-0.1, -0.05) is 0 Å². The fourth-order valence-electron chi connectivity index (χ4n) is 0.507. The molecule has 0 radical (unpaired) electrons. The Balaban J connectivity index is 3.92. The molecule has 0 saturated heterocycles. The van der Waals surface area contributed by atoms with E-state index in [1.54, 1.807) is 20.8 Å². The van der Waals surface area contributed by atoms with Crippen LogP contribution in [0.25, 0.3) is 0 Å². The van der Waals surface area contributed by atoms with Crippen LogP contribution < -0.4 is 0 Å². The summed E-state index contributed by atoms with van der Waals surface area (Å²) in [6.07, 6.45) is -4.23. The molecule has 0 aromatic rings. The lowest BCUT2D eigenvalue weighted by molar-refractivity contribution is -0.132. The first-order chi connectivity index (χ1) is 6.13. The van der Waals surface area contributed by atoms with Crippen LogP contribution >= 0.6 is 0 Å². The van der Waals surface area contributed by atoms with E-state index in [0.29, 0.717) is 0 Å². The minimum Gasteiger partial charge on any atom is -0.234 e. The maximum Gasteiger partial charge on any atom is 0.389 e. The average molecular weight is 229 g/mol. The van der Waals surface area contributed by atoms with Crippen molar-refractivity contribution in [2.45, 2.75) is 44.5 Å². The predicted molar refractivity (Wildman–Crippen MR) is 51.7 cm³/mol. The van der Waals surface area contributed by atoms with Crippen molar-refractivity contribution in [3.05, 3.63) is 0 Å². The summed E-state index contributed by atoms with van der Waals surface area (Å²) in [6, 6.07) is 0. The molecule has 0 bridgehead atoms. The first-order valence-corrected chi connectivity index (χ1v) is 5.25. The molecule has 0 heterocycles. The molecule has 0 aliphatic carbocycles. The Labute approximate surface area is 84.2 Å². The van der Waals surface area contributed by atoms with Crippen molar-refractivity contribution in [2.24, 2.45) is 4.40 Å². The SMILES string of the molecule is CC(C)(C)[S@](=O)/N=C/CCC(F)(F)F. The number of rotatable bonds is 3. The number of hydrogen-bond donors (Lipinski definition) is 0. The molecule has 0 amide bonds. The maximum atomic E-state index is 11.7. The zero-order valence-corrected chi connectivity index (χ0v) is 9.21. The van der Waals surface area contributed by atoms with Gasteiger partial charge in [-0.05, 0) is 27.2 Å². The fraction of sp³-hybridized carbons (Fsp3) is 0.875. The molecule has 0 fully saturated rings. The van der Waals surface area contributed by atoms with Crippen molar-refractivity contribution in [3.63, 3.8) is 0 Å². The quantitative estimate of drug-likeness (QED) is 0.684. The van der Waals surface area contributed by atoms with Crippen LogP contribution in [0.15, 0.2) is 4.40 Å². The molecule has 0 saturated carbocycles. The van der Waals surface area contributed by atoms with E-state index in [-0.39, 0.29) is 6.42 Å². The Morgan fingerprint density at radius 1 is 1.29 bits per heavy atom. The third-order valence-corrected chi connectivity index (χ3v) is 2.64. The van der Waals surface area contributed by atoms with Crippen LogP contribution in [0.1, 0.15) is 33.6 Å². The molecular weight excluding hydrogens is 215 g/mol. The number of hydrogen-bond acceptors (Lipinski definition) is 1. The molecule has 1 atom stereocenters. The lowest BCUT2D eigenvalue weighted by Crippen LogP contribution is -2.19. The van der Waals surface area contributed by atoms with Crippen LogP contribution in [0.4, 0.5) is 13.2 Å². The van der Waals surface area contributed by atoms with Gasteiger partial charge < -0.3 is 0 Å². The van der Waals surface area contributed by atoms with Crippen molar-refractivity contribution < 1.29 is 17.4 Å². The van der Waals surface area contributed by atoms with Gasteiger partial charge in [-0.25, -0.2) is 4.21 Å². The largest absolute Gasteiger partial charge is 0.389 e. The third-order valence-electron chi connectivity index (χ3n) is 1.25. The van der Waals surface area contributed by atoms with Crippen molar-refractivity contribution in [2.75, 3.05) is 0 Å². The second kappa shape index (κ2) is 4.91. The Hall–Kier alpha value is -0.390.